The summed E-state index contributed by atoms with van der Waals surface area (Å²) >= 11 is 0. The van der Waals surface area contributed by atoms with E-state index >= 15 is 0 Å². The molecule has 219 valence electrons. The Balaban J connectivity index is 0.00000380. The molecule has 1 fully saturated rings. The Kier molecular flexibility index (Phi) is 11.7. The van der Waals surface area contributed by atoms with Crippen molar-refractivity contribution < 1.29 is 27.0 Å². The maximum absolute atomic E-state index is 11.2. The number of hydrogen-bond donors (Lipinski definition) is 2. The number of phenolic OH excluding ortho intramolecular Hbond substituents is 2. The van der Waals surface area contributed by atoms with Crippen LogP contribution in [0, 0.1) is 14.4 Å². The van der Waals surface area contributed by atoms with Crippen LogP contribution >= 0.6 is 0 Å². The number of rotatable bonds is 4. The van der Waals surface area contributed by atoms with Crippen LogP contribution < -0.4 is 0 Å². The second-order valence-electron chi connectivity index (χ2n) is 13.9. The molecule has 2 aromatic rings. The molecular formula is C34H51CoN2O2-. The van der Waals surface area contributed by atoms with Crippen molar-refractivity contribution in [2.45, 2.75) is 123 Å². The van der Waals surface area contributed by atoms with E-state index in [0.29, 0.717) is 11.5 Å². The normalized spacial score (nSPS) is 18.7. The third kappa shape index (κ3) is 8.68. The molecule has 0 spiro atoms. The maximum Gasteiger partial charge on any atom is 0.128 e. The van der Waals surface area contributed by atoms with Crippen molar-refractivity contribution in [1.82, 2.24) is 0 Å². The number of aryl methyl sites for hydroxylation is 1. The average Bonchev–Trinajstić information content (AvgIpc) is 2.77. The van der Waals surface area contributed by atoms with Gasteiger partial charge in [-0.1, -0.05) is 87.3 Å². The summed E-state index contributed by atoms with van der Waals surface area (Å²) in [5.41, 5.74) is 5.39. The van der Waals surface area contributed by atoms with Gasteiger partial charge in [-0.2, -0.15) is 0 Å². The zero-order chi connectivity index (χ0) is 27.8. The molecule has 1 saturated carbocycles. The van der Waals surface area contributed by atoms with Gasteiger partial charge >= 0.3 is 0 Å². The first-order valence-corrected chi connectivity index (χ1v) is 13.8. The first-order chi connectivity index (χ1) is 17.0. The minimum absolute atomic E-state index is 0. The summed E-state index contributed by atoms with van der Waals surface area (Å²) in [6, 6.07) is 8.38. The molecule has 2 atom stereocenters. The summed E-state index contributed by atoms with van der Waals surface area (Å²) in [6.07, 6.45) is 7.89. The number of aliphatic imine (C=N–C) groups is 2. The van der Waals surface area contributed by atoms with Gasteiger partial charge in [-0.15, -0.1) is 0 Å². The molecule has 39 heavy (non-hydrogen) atoms. The van der Waals surface area contributed by atoms with Gasteiger partial charge in [0.2, 0.25) is 0 Å². The molecule has 0 saturated heterocycles. The van der Waals surface area contributed by atoms with Crippen LogP contribution in [0.4, 0.5) is 0 Å². The summed E-state index contributed by atoms with van der Waals surface area (Å²) in [5.74, 6) is 0.635. The Morgan fingerprint density at radius 2 is 1.08 bits per heavy atom. The van der Waals surface area contributed by atoms with E-state index in [-0.39, 0.29) is 52.5 Å². The zero-order valence-electron chi connectivity index (χ0n) is 26.1. The van der Waals surface area contributed by atoms with Gasteiger partial charge in [0, 0.05) is 51.5 Å². The third-order valence-electron chi connectivity index (χ3n) is 7.41. The second-order valence-corrected chi connectivity index (χ2v) is 13.9. The Labute approximate surface area is 248 Å². The second kappa shape index (κ2) is 13.0. The average molecular weight is 579 g/mol. The van der Waals surface area contributed by atoms with Gasteiger partial charge in [0.25, 0.3) is 0 Å². The fraction of sp³-hybridized carbons (Fsp3) is 0.559. The molecule has 4 nitrogen and oxygen atoms in total. The minimum Gasteiger partial charge on any atom is -0.507 e. The molecule has 0 aromatic heterocycles. The third-order valence-corrected chi connectivity index (χ3v) is 7.41. The minimum atomic E-state index is -0.173. The molecule has 0 heterocycles. The molecule has 3 rings (SSSR count). The quantitative estimate of drug-likeness (QED) is 0.282. The van der Waals surface area contributed by atoms with Gasteiger partial charge < -0.3 is 17.6 Å². The van der Waals surface area contributed by atoms with Gasteiger partial charge in [-0.05, 0) is 59.3 Å². The van der Waals surface area contributed by atoms with Crippen molar-refractivity contribution in [3.63, 3.8) is 0 Å². The molecule has 1 radical (unpaired) electrons. The van der Waals surface area contributed by atoms with Crippen molar-refractivity contribution in [1.29, 1.82) is 0 Å². The number of hydrogen-bond acceptors (Lipinski definition) is 4. The van der Waals surface area contributed by atoms with Crippen LogP contribution in [0.1, 0.15) is 121 Å². The molecule has 2 N–H and O–H groups in total. The Hall–Kier alpha value is -2.11. The Bertz CT molecular complexity index is 1180. The van der Waals surface area contributed by atoms with E-state index in [2.05, 4.69) is 87.4 Å². The summed E-state index contributed by atoms with van der Waals surface area (Å²) in [4.78, 5) is 9.94. The van der Waals surface area contributed by atoms with E-state index in [1.54, 1.807) is 0 Å². The summed E-state index contributed by atoms with van der Waals surface area (Å²) in [7, 11) is 0. The summed E-state index contributed by atoms with van der Waals surface area (Å²) < 4.78 is 0. The molecule has 2 aromatic carbocycles. The standard InChI is InChI=1S/C33H48N2O2.CH3.Co/c1-21-15-22(29(36)25(16-21)32(5,6)7)19-34-27-13-11-12-14-28(27)35-20-23-17-24(31(2,3)4)18-26(30(23)37)33(8,9)10;;/h15-20,27-28,36-37H,11-14H2,1-10H3;1H3;/q;-1;. The van der Waals surface area contributed by atoms with Gasteiger partial charge in [0.05, 0.1) is 12.1 Å². The van der Waals surface area contributed by atoms with Crippen LogP contribution in [-0.4, -0.2) is 34.7 Å². The predicted octanol–water partition coefficient (Wildman–Crippen LogP) is 8.60. The van der Waals surface area contributed by atoms with Crippen LogP contribution in [-0.2, 0) is 33.0 Å². The van der Waals surface area contributed by atoms with Gasteiger partial charge in [-0.3, -0.25) is 9.98 Å². The fourth-order valence-corrected chi connectivity index (χ4v) is 5.03. The van der Waals surface area contributed by atoms with Gasteiger partial charge in [0.1, 0.15) is 11.5 Å². The van der Waals surface area contributed by atoms with Gasteiger partial charge in [-0.25, -0.2) is 0 Å². The van der Waals surface area contributed by atoms with E-state index in [0.717, 1.165) is 53.5 Å². The van der Waals surface area contributed by atoms with E-state index in [1.807, 2.05) is 18.5 Å². The fourth-order valence-electron chi connectivity index (χ4n) is 5.03. The molecule has 2 unspecified atom stereocenters. The Morgan fingerprint density at radius 3 is 1.49 bits per heavy atom. The van der Waals surface area contributed by atoms with Crippen molar-refractivity contribution in [2.24, 2.45) is 9.98 Å². The SMILES string of the molecule is Cc1cc(C=NC2CCCCC2N=Cc2cc(C(C)(C)C)cc(C(C)(C)C)c2O)c(O)c(C(C)(C)C)c1.[CH3-].[Co]. The molecule has 0 amide bonds. The van der Waals surface area contributed by atoms with Crippen molar-refractivity contribution in [3.8, 4) is 11.5 Å². The zero-order valence-corrected chi connectivity index (χ0v) is 27.1. The predicted molar refractivity (Wildman–Crippen MR) is 165 cm³/mol. The maximum atomic E-state index is 11.2. The molecule has 0 bridgehead atoms. The largest absolute Gasteiger partial charge is 0.507 e. The number of benzene rings is 2. The molecule has 0 aliphatic heterocycles. The van der Waals surface area contributed by atoms with Crippen molar-refractivity contribution >= 4 is 12.4 Å². The van der Waals surface area contributed by atoms with Crippen LogP contribution in [0.2, 0.25) is 0 Å². The van der Waals surface area contributed by atoms with E-state index in [4.69, 9.17) is 9.98 Å². The smallest absolute Gasteiger partial charge is 0.128 e. The Morgan fingerprint density at radius 1 is 0.667 bits per heavy atom. The number of phenols is 2. The monoisotopic (exact) mass is 578 g/mol. The van der Waals surface area contributed by atoms with Crippen molar-refractivity contribution in [3.05, 3.63) is 65.1 Å². The number of nitrogens with zero attached hydrogens (tertiary/aromatic N) is 2. The van der Waals surface area contributed by atoms with Crippen LogP contribution in [0.3, 0.4) is 0 Å². The molecular weight excluding hydrogens is 527 g/mol. The molecule has 1 aliphatic rings. The van der Waals surface area contributed by atoms with Crippen LogP contribution in [0.25, 0.3) is 0 Å². The van der Waals surface area contributed by atoms with Crippen LogP contribution in [0.5, 0.6) is 11.5 Å². The van der Waals surface area contributed by atoms with Crippen molar-refractivity contribution in [2.75, 3.05) is 0 Å². The van der Waals surface area contributed by atoms with E-state index in [1.165, 1.54) is 5.56 Å². The first kappa shape index (κ1) is 34.9. The first-order valence-electron chi connectivity index (χ1n) is 13.8. The molecule has 5 heteroatoms. The summed E-state index contributed by atoms with van der Waals surface area (Å²) in [6.45, 7) is 21.4. The van der Waals surface area contributed by atoms with Gasteiger partial charge in [0.15, 0.2) is 0 Å². The topological polar surface area (TPSA) is 65.2 Å². The molecule has 1 aliphatic carbocycles. The van der Waals surface area contributed by atoms with E-state index < -0.39 is 0 Å². The van der Waals surface area contributed by atoms with Crippen LogP contribution in [0.15, 0.2) is 34.3 Å². The summed E-state index contributed by atoms with van der Waals surface area (Å²) in [5, 5.41) is 22.1. The number of aromatic hydroxyl groups is 2. The van der Waals surface area contributed by atoms with E-state index in [9.17, 15) is 10.2 Å².